The number of sulfonamides is 1. The Morgan fingerprint density at radius 2 is 1.71 bits per heavy atom. The van der Waals surface area contributed by atoms with Crippen LogP contribution in [0.4, 0.5) is 0 Å². The second kappa shape index (κ2) is 8.25. The lowest BCUT2D eigenvalue weighted by Crippen LogP contribution is -2.40. The van der Waals surface area contributed by atoms with Crippen molar-refractivity contribution in [1.29, 1.82) is 0 Å². The molecule has 0 saturated carbocycles. The molecule has 1 rings (SSSR count). The molecular formula is C16H24N2O5S. The Labute approximate surface area is 142 Å². The van der Waals surface area contributed by atoms with Gasteiger partial charge in [-0.15, -0.1) is 0 Å². The molecule has 0 atom stereocenters. The van der Waals surface area contributed by atoms with E-state index in [4.69, 9.17) is 4.74 Å². The molecule has 2 N–H and O–H groups in total. The van der Waals surface area contributed by atoms with E-state index in [0.717, 1.165) is 0 Å². The zero-order valence-electron chi connectivity index (χ0n) is 14.4. The molecule has 0 unspecified atom stereocenters. The number of ether oxygens (including phenoxy) is 1. The van der Waals surface area contributed by atoms with Crippen molar-refractivity contribution in [2.45, 2.75) is 44.6 Å². The van der Waals surface area contributed by atoms with Crippen LogP contribution in [0.2, 0.25) is 0 Å². The van der Waals surface area contributed by atoms with Crippen LogP contribution in [-0.4, -0.2) is 39.0 Å². The molecule has 0 fully saturated rings. The fourth-order valence-corrected chi connectivity index (χ4v) is 3.28. The average molecular weight is 356 g/mol. The standard InChI is InChI=1S/C16H24N2O5S/c1-5-23-14(19)10-11-17-15(20)12-6-8-13(9-7-12)24(21,22)18-16(2,3)4/h6-9,18H,5,10-11H2,1-4H3,(H,17,20). The summed E-state index contributed by atoms with van der Waals surface area (Å²) in [5.41, 5.74) is -0.282. The normalized spacial score (nSPS) is 11.8. The minimum atomic E-state index is -3.64. The summed E-state index contributed by atoms with van der Waals surface area (Å²) >= 11 is 0. The first-order chi connectivity index (χ1) is 11.0. The maximum absolute atomic E-state index is 12.2. The van der Waals surface area contributed by atoms with Gasteiger partial charge in [-0.1, -0.05) is 0 Å². The Morgan fingerprint density at radius 1 is 1.12 bits per heavy atom. The van der Waals surface area contributed by atoms with Gasteiger partial charge in [-0.2, -0.15) is 0 Å². The molecule has 0 heterocycles. The smallest absolute Gasteiger partial charge is 0.307 e. The van der Waals surface area contributed by atoms with E-state index in [1.54, 1.807) is 27.7 Å². The molecule has 1 aromatic rings. The third kappa shape index (κ3) is 6.67. The fourth-order valence-electron chi connectivity index (χ4n) is 1.86. The van der Waals surface area contributed by atoms with Crippen LogP contribution >= 0.6 is 0 Å². The van der Waals surface area contributed by atoms with Crippen molar-refractivity contribution in [3.8, 4) is 0 Å². The zero-order valence-corrected chi connectivity index (χ0v) is 15.2. The van der Waals surface area contributed by atoms with Crippen LogP contribution in [0, 0.1) is 0 Å². The van der Waals surface area contributed by atoms with E-state index in [9.17, 15) is 18.0 Å². The van der Waals surface area contributed by atoms with Gasteiger partial charge in [-0.3, -0.25) is 9.59 Å². The first-order valence-corrected chi connectivity index (χ1v) is 9.11. The number of carbonyl (C=O) groups excluding carboxylic acids is 2. The molecule has 134 valence electrons. The number of amides is 1. The van der Waals surface area contributed by atoms with Crippen LogP contribution in [-0.2, 0) is 19.6 Å². The maximum Gasteiger partial charge on any atom is 0.307 e. The third-order valence-corrected chi connectivity index (χ3v) is 4.56. The highest BCUT2D eigenvalue weighted by molar-refractivity contribution is 7.89. The lowest BCUT2D eigenvalue weighted by molar-refractivity contribution is -0.142. The van der Waals surface area contributed by atoms with Crippen molar-refractivity contribution in [1.82, 2.24) is 10.0 Å². The number of benzene rings is 1. The van der Waals surface area contributed by atoms with Gasteiger partial charge < -0.3 is 10.1 Å². The van der Waals surface area contributed by atoms with Crippen LogP contribution in [0.5, 0.6) is 0 Å². The second-order valence-corrected chi connectivity index (χ2v) is 7.87. The topological polar surface area (TPSA) is 102 Å². The minimum absolute atomic E-state index is 0.0838. The second-order valence-electron chi connectivity index (χ2n) is 6.19. The van der Waals surface area contributed by atoms with Gasteiger partial charge in [0, 0.05) is 17.6 Å². The molecule has 1 aromatic carbocycles. The largest absolute Gasteiger partial charge is 0.466 e. The lowest BCUT2D eigenvalue weighted by atomic mass is 10.1. The summed E-state index contributed by atoms with van der Waals surface area (Å²) in [4.78, 5) is 23.2. The van der Waals surface area contributed by atoms with Crippen LogP contribution < -0.4 is 10.0 Å². The predicted molar refractivity (Wildman–Crippen MR) is 90.1 cm³/mol. The van der Waals surface area contributed by atoms with Crippen molar-refractivity contribution in [2.75, 3.05) is 13.2 Å². The molecule has 1 amide bonds. The summed E-state index contributed by atoms with van der Waals surface area (Å²) in [7, 11) is -3.64. The Kier molecular flexibility index (Phi) is 6.92. The van der Waals surface area contributed by atoms with Gasteiger partial charge in [0.05, 0.1) is 17.9 Å². The summed E-state index contributed by atoms with van der Waals surface area (Å²) in [5.74, 6) is -0.764. The maximum atomic E-state index is 12.2. The molecule has 0 aliphatic carbocycles. The van der Waals surface area contributed by atoms with Gasteiger partial charge in [0.25, 0.3) is 5.91 Å². The van der Waals surface area contributed by atoms with Gasteiger partial charge in [0.15, 0.2) is 0 Å². The van der Waals surface area contributed by atoms with E-state index < -0.39 is 15.6 Å². The fraction of sp³-hybridized carbons (Fsp3) is 0.500. The van der Waals surface area contributed by atoms with Crippen molar-refractivity contribution in [2.24, 2.45) is 0 Å². The van der Waals surface area contributed by atoms with Gasteiger partial charge >= 0.3 is 5.97 Å². The Hall–Kier alpha value is -1.93. The highest BCUT2D eigenvalue weighted by atomic mass is 32.2. The van der Waals surface area contributed by atoms with Crippen molar-refractivity contribution < 1.29 is 22.7 Å². The first-order valence-electron chi connectivity index (χ1n) is 7.63. The Balaban J connectivity index is 2.67. The summed E-state index contributed by atoms with van der Waals surface area (Å²) in [6, 6.07) is 5.59. The van der Waals surface area contributed by atoms with Crippen LogP contribution in [0.3, 0.4) is 0 Å². The monoisotopic (exact) mass is 356 g/mol. The molecule has 0 aromatic heterocycles. The Morgan fingerprint density at radius 3 is 2.21 bits per heavy atom. The number of esters is 1. The molecule has 0 radical (unpaired) electrons. The van der Waals surface area contributed by atoms with Gasteiger partial charge in [0.1, 0.15) is 0 Å². The molecule has 24 heavy (non-hydrogen) atoms. The summed E-state index contributed by atoms with van der Waals surface area (Å²) < 4.78 is 31.6. The van der Waals surface area contributed by atoms with Crippen molar-refractivity contribution in [3.63, 3.8) is 0 Å². The minimum Gasteiger partial charge on any atom is -0.466 e. The Bertz CT molecular complexity index is 675. The number of rotatable bonds is 7. The van der Waals surface area contributed by atoms with E-state index in [1.807, 2.05) is 0 Å². The number of nitrogens with one attached hydrogen (secondary N) is 2. The highest BCUT2D eigenvalue weighted by Gasteiger charge is 2.22. The number of hydrogen-bond acceptors (Lipinski definition) is 5. The first kappa shape index (κ1) is 20.1. The zero-order chi connectivity index (χ0) is 18.4. The van der Waals surface area contributed by atoms with Crippen LogP contribution in [0.1, 0.15) is 44.5 Å². The van der Waals surface area contributed by atoms with E-state index in [2.05, 4.69) is 10.0 Å². The SMILES string of the molecule is CCOC(=O)CCNC(=O)c1ccc(S(=O)(=O)NC(C)(C)C)cc1. The lowest BCUT2D eigenvalue weighted by Gasteiger charge is -2.20. The van der Waals surface area contributed by atoms with Crippen molar-refractivity contribution in [3.05, 3.63) is 29.8 Å². The molecule has 0 aliphatic heterocycles. The molecule has 0 saturated heterocycles. The molecule has 7 nitrogen and oxygen atoms in total. The quantitative estimate of drug-likeness (QED) is 0.720. The average Bonchev–Trinajstić information content (AvgIpc) is 2.45. The summed E-state index contributed by atoms with van der Waals surface area (Å²) in [6.45, 7) is 7.40. The summed E-state index contributed by atoms with van der Waals surface area (Å²) in [6.07, 6.45) is 0.0849. The molecule has 8 heteroatoms. The van der Waals surface area contributed by atoms with E-state index in [-0.39, 0.29) is 29.7 Å². The van der Waals surface area contributed by atoms with E-state index in [1.165, 1.54) is 24.3 Å². The molecular weight excluding hydrogens is 332 g/mol. The number of carbonyl (C=O) groups is 2. The van der Waals surface area contributed by atoms with Crippen LogP contribution in [0.25, 0.3) is 0 Å². The van der Waals surface area contributed by atoms with Gasteiger partial charge in [-0.05, 0) is 52.0 Å². The highest BCUT2D eigenvalue weighted by Crippen LogP contribution is 2.13. The van der Waals surface area contributed by atoms with E-state index in [0.29, 0.717) is 12.2 Å². The summed E-state index contributed by atoms with van der Waals surface area (Å²) in [5, 5.41) is 2.58. The predicted octanol–water partition coefficient (Wildman–Crippen LogP) is 1.45. The molecule has 0 bridgehead atoms. The van der Waals surface area contributed by atoms with Gasteiger partial charge in [0.2, 0.25) is 10.0 Å². The van der Waals surface area contributed by atoms with Crippen LogP contribution in [0.15, 0.2) is 29.2 Å². The molecule has 0 aliphatic rings. The third-order valence-electron chi connectivity index (χ3n) is 2.79. The van der Waals surface area contributed by atoms with Crippen molar-refractivity contribution >= 4 is 21.9 Å². The van der Waals surface area contributed by atoms with E-state index >= 15 is 0 Å². The van der Waals surface area contributed by atoms with Gasteiger partial charge in [-0.25, -0.2) is 13.1 Å². The number of hydrogen-bond donors (Lipinski definition) is 2. The molecule has 0 spiro atoms.